The van der Waals surface area contributed by atoms with Crippen molar-refractivity contribution < 1.29 is 0 Å². The van der Waals surface area contributed by atoms with Gasteiger partial charge in [-0.15, -0.1) is 11.6 Å². The molecule has 1 saturated carbocycles. The van der Waals surface area contributed by atoms with E-state index in [0.717, 1.165) is 18.8 Å². The molecule has 0 aromatic heterocycles. The van der Waals surface area contributed by atoms with Crippen LogP contribution in [0.5, 0.6) is 0 Å². The van der Waals surface area contributed by atoms with Crippen molar-refractivity contribution in [2.75, 3.05) is 0 Å². The van der Waals surface area contributed by atoms with Gasteiger partial charge in [-0.2, -0.15) is 0 Å². The van der Waals surface area contributed by atoms with Gasteiger partial charge in [0.2, 0.25) is 0 Å². The van der Waals surface area contributed by atoms with Gasteiger partial charge in [0, 0.05) is 5.38 Å². The van der Waals surface area contributed by atoms with Gasteiger partial charge >= 0.3 is 0 Å². The maximum atomic E-state index is 6.54. The molecular formula is C18H27Cl. The Labute approximate surface area is 123 Å². The average Bonchev–Trinajstić information content (AvgIpc) is 2.89. The molecule has 19 heavy (non-hydrogen) atoms. The molecule has 0 spiro atoms. The van der Waals surface area contributed by atoms with Gasteiger partial charge in [-0.1, -0.05) is 57.9 Å². The van der Waals surface area contributed by atoms with Gasteiger partial charge in [0.1, 0.15) is 0 Å². The maximum absolute atomic E-state index is 6.54. The van der Waals surface area contributed by atoms with E-state index < -0.39 is 0 Å². The van der Waals surface area contributed by atoms with Crippen LogP contribution in [0.2, 0.25) is 0 Å². The second-order valence-electron chi connectivity index (χ2n) is 7.05. The Kier molecular flexibility index (Phi) is 4.95. The highest BCUT2D eigenvalue weighted by Crippen LogP contribution is 2.32. The summed E-state index contributed by atoms with van der Waals surface area (Å²) in [4.78, 5) is 0. The van der Waals surface area contributed by atoms with Crippen molar-refractivity contribution in [1.29, 1.82) is 0 Å². The van der Waals surface area contributed by atoms with E-state index in [4.69, 9.17) is 11.6 Å². The third-order valence-electron chi connectivity index (χ3n) is 4.44. The lowest BCUT2D eigenvalue weighted by Gasteiger charge is -2.20. The van der Waals surface area contributed by atoms with Gasteiger partial charge in [-0.05, 0) is 48.1 Å². The van der Waals surface area contributed by atoms with Gasteiger partial charge in [0.05, 0.1) is 0 Å². The summed E-state index contributed by atoms with van der Waals surface area (Å²) < 4.78 is 0. The van der Waals surface area contributed by atoms with Crippen LogP contribution in [0.3, 0.4) is 0 Å². The van der Waals surface area contributed by atoms with Crippen LogP contribution in [0, 0.1) is 5.92 Å². The smallest absolute Gasteiger partial charge is 0.0367 e. The van der Waals surface area contributed by atoms with E-state index in [9.17, 15) is 0 Å². The molecule has 0 nitrogen and oxygen atoms in total. The van der Waals surface area contributed by atoms with Crippen molar-refractivity contribution in [3.63, 3.8) is 0 Å². The van der Waals surface area contributed by atoms with E-state index in [-0.39, 0.29) is 5.41 Å². The molecule has 1 aliphatic rings. The molecule has 1 aromatic rings. The maximum Gasteiger partial charge on any atom is 0.0367 e. The molecule has 1 fully saturated rings. The molecule has 0 radical (unpaired) electrons. The van der Waals surface area contributed by atoms with E-state index in [1.54, 1.807) is 0 Å². The molecule has 1 aliphatic carbocycles. The highest BCUT2D eigenvalue weighted by molar-refractivity contribution is 6.20. The number of aryl methyl sites for hydroxylation is 1. The van der Waals surface area contributed by atoms with Crippen molar-refractivity contribution in [2.45, 2.75) is 70.1 Å². The fourth-order valence-corrected chi connectivity index (χ4v) is 3.39. The Bertz CT molecular complexity index is 379. The van der Waals surface area contributed by atoms with Crippen LogP contribution in [0.15, 0.2) is 24.3 Å². The number of hydrogen-bond acceptors (Lipinski definition) is 0. The van der Waals surface area contributed by atoms with E-state index in [1.807, 2.05) is 0 Å². The van der Waals surface area contributed by atoms with Crippen LogP contribution in [-0.2, 0) is 11.8 Å². The van der Waals surface area contributed by atoms with Crippen molar-refractivity contribution in [3.8, 4) is 0 Å². The van der Waals surface area contributed by atoms with Crippen LogP contribution in [0.1, 0.15) is 64.0 Å². The molecular weight excluding hydrogens is 252 g/mol. The van der Waals surface area contributed by atoms with Gasteiger partial charge < -0.3 is 0 Å². The highest BCUT2D eigenvalue weighted by atomic mass is 35.5. The van der Waals surface area contributed by atoms with Crippen LogP contribution >= 0.6 is 11.6 Å². The second kappa shape index (κ2) is 6.31. The SMILES string of the molecule is CC(C)(C)c1ccc(CCC(Cl)C2CCCC2)cc1. The Balaban J connectivity index is 1.86. The first kappa shape index (κ1) is 14.9. The van der Waals surface area contributed by atoms with Gasteiger partial charge in [-0.3, -0.25) is 0 Å². The second-order valence-corrected chi connectivity index (χ2v) is 7.61. The number of rotatable bonds is 4. The largest absolute Gasteiger partial charge is 0.123 e. The molecule has 1 heteroatoms. The normalized spacial score (nSPS) is 18.7. The summed E-state index contributed by atoms with van der Waals surface area (Å²) in [6.07, 6.45) is 7.70. The lowest BCUT2D eigenvalue weighted by Crippen LogP contribution is -2.13. The average molecular weight is 279 g/mol. The molecule has 0 heterocycles. The summed E-state index contributed by atoms with van der Waals surface area (Å²) in [5, 5.41) is 0.379. The molecule has 1 atom stereocenters. The summed E-state index contributed by atoms with van der Waals surface area (Å²) in [5.41, 5.74) is 3.09. The monoisotopic (exact) mass is 278 g/mol. The minimum Gasteiger partial charge on any atom is -0.123 e. The summed E-state index contributed by atoms with van der Waals surface area (Å²) in [6.45, 7) is 6.78. The van der Waals surface area contributed by atoms with Crippen LogP contribution < -0.4 is 0 Å². The quantitative estimate of drug-likeness (QED) is 0.619. The first-order valence-corrected chi connectivity index (χ1v) is 8.14. The van der Waals surface area contributed by atoms with Gasteiger partial charge in [0.15, 0.2) is 0 Å². The molecule has 106 valence electrons. The van der Waals surface area contributed by atoms with E-state index in [2.05, 4.69) is 45.0 Å². The zero-order valence-electron chi connectivity index (χ0n) is 12.6. The highest BCUT2D eigenvalue weighted by Gasteiger charge is 2.22. The van der Waals surface area contributed by atoms with E-state index in [1.165, 1.54) is 36.8 Å². The Morgan fingerprint density at radius 2 is 1.68 bits per heavy atom. The van der Waals surface area contributed by atoms with E-state index >= 15 is 0 Å². The first-order chi connectivity index (χ1) is 8.97. The van der Waals surface area contributed by atoms with Crippen molar-refractivity contribution in [1.82, 2.24) is 0 Å². The zero-order valence-corrected chi connectivity index (χ0v) is 13.3. The fourth-order valence-electron chi connectivity index (χ4n) is 3.03. The summed E-state index contributed by atoms with van der Waals surface area (Å²) >= 11 is 6.54. The summed E-state index contributed by atoms with van der Waals surface area (Å²) in [5.74, 6) is 0.774. The summed E-state index contributed by atoms with van der Waals surface area (Å²) in [6, 6.07) is 9.10. The lowest BCUT2D eigenvalue weighted by molar-refractivity contribution is 0.492. The summed E-state index contributed by atoms with van der Waals surface area (Å²) in [7, 11) is 0. The molecule has 1 unspecified atom stereocenters. The van der Waals surface area contributed by atoms with Gasteiger partial charge in [0.25, 0.3) is 0 Å². The molecule has 1 aromatic carbocycles. The third-order valence-corrected chi connectivity index (χ3v) is 5.01. The molecule has 0 aliphatic heterocycles. The van der Waals surface area contributed by atoms with Gasteiger partial charge in [-0.25, -0.2) is 0 Å². The van der Waals surface area contributed by atoms with Crippen LogP contribution in [0.25, 0.3) is 0 Å². The van der Waals surface area contributed by atoms with Crippen LogP contribution in [0.4, 0.5) is 0 Å². The minimum absolute atomic E-state index is 0.247. The standard InChI is InChI=1S/C18H27Cl/c1-18(2,3)16-11-8-14(9-12-16)10-13-17(19)15-6-4-5-7-15/h8-9,11-12,15,17H,4-7,10,13H2,1-3H3. The van der Waals surface area contributed by atoms with E-state index in [0.29, 0.717) is 5.38 Å². The number of benzene rings is 1. The molecule has 0 amide bonds. The molecule has 2 rings (SSSR count). The Hall–Kier alpha value is -0.490. The van der Waals surface area contributed by atoms with Crippen molar-refractivity contribution in [3.05, 3.63) is 35.4 Å². The van der Waals surface area contributed by atoms with Crippen molar-refractivity contribution >= 4 is 11.6 Å². The lowest BCUT2D eigenvalue weighted by atomic mass is 9.86. The Morgan fingerprint density at radius 1 is 1.11 bits per heavy atom. The number of halogens is 1. The predicted molar refractivity (Wildman–Crippen MR) is 85.1 cm³/mol. The predicted octanol–water partition coefficient (Wildman–Crippen LogP) is 5.71. The molecule has 0 bridgehead atoms. The van der Waals surface area contributed by atoms with Crippen molar-refractivity contribution in [2.24, 2.45) is 5.92 Å². The first-order valence-electron chi connectivity index (χ1n) is 7.70. The fraction of sp³-hybridized carbons (Fsp3) is 0.667. The molecule has 0 saturated heterocycles. The number of alkyl halides is 1. The number of hydrogen-bond donors (Lipinski definition) is 0. The topological polar surface area (TPSA) is 0 Å². The zero-order chi connectivity index (χ0) is 13.9. The molecule has 0 N–H and O–H groups in total. The minimum atomic E-state index is 0.247. The van der Waals surface area contributed by atoms with Crippen LogP contribution in [-0.4, -0.2) is 5.38 Å². The Morgan fingerprint density at radius 3 is 2.21 bits per heavy atom. The third kappa shape index (κ3) is 4.24.